The monoisotopic (exact) mass is 764 g/mol. The highest BCUT2D eigenvalue weighted by Crippen LogP contribution is 2.45. The molecule has 9 heteroatoms. The number of ether oxygens (including phenoxy) is 4. The Morgan fingerprint density at radius 3 is 1.60 bits per heavy atom. The van der Waals surface area contributed by atoms with Gasteiger partial charge in [-0.2, -0.15) is 0 Å². The van der Waals surface area contributed by atoms with Gasteiger partial charge in [-0.1, -0.05) is 93.2 Å². The van der Waals surface area contributed by atoms with E-state index >= 15 is 0 Å². The summed E-state index contributed by atoms with van der Waals surface area (Å²) < 4.78 is 20.9. The van der Waals surface area contributed by atoms with Gasteiger partial charge in [0.15, 0.2) is 11.6 Å². The summed E-state index contributed by atoms with van der Waals surface area (Å²) in [4.78, 5) is 64.7. The topological polar surface area (TPSA) is 122 Å². The summed E-state index contributed by atoms with van der Waals surface area (Å²) in [5, 5.41) is 0. The molecule has 2 atom stereocenters. The number of methoxy groups -OCH3 is 1. The van der Waals surface area contributed by atoms with Gasteiger partial charge in [-0.3, -0.25) is 19.2 Å². The van der Waals surface area contributed by atoms with E-state index in [0.29, 0.717) is 40.9 Å². The summed E-state index contributed by atoms with van der Waals surface area (Å²) in [5.74, 6) is -1.60. The van der Waals surface area contributed by atoms with Gasteiger partial charge in [-0.25, -0.2) is 4.79 Å². The van der Waals surface area contributed by atoms with Crippen LogP contribution in [-0.4, -0.2) is 49.8 Å². The number of rotatable bonds is 15. The molecule has 57 heavy (non-hydrogen) atoms. The molecule has 0 aliphatic heterocycles. The summed E-state index contributed by atoms with van der Waals surface area (Å²) in [7, 11) is 1.63. The Morgan fingerprint density at radius 1 is 0.614 bits per heavy atom. The molecule has 6 rings (SSSR count). The number of fused-ring (bicyclic) bond motifs is 2. The summed E-state index contributed by atoms with van der Waals surface area (Å²) >= 11 is 0. The van der Waals surface area contributed by atoms with Crippen molar-refractivity contribution in [1.82, 2.24) is 0 Å². The normalized spacial score (nSPS) is 15.6. The quantitative estimate of drug-likeness (QED) is 0.0505. The third-order valence-electron chi connectivity index (χ3n) is 10.2. The number of carbonyl (C=O) groups excluding carboxylic acids is 5. The Bertz CT molecular complexity index is 2330. The van der Waals surface area contributed by atoms with Gasteiger partial charge in [0, 0.05) is 40.2 Å². The van der Waals surface area contributed by atoms with E-state index in [1.807, 2.05) is 97.9 Å². The highest BCUT2D eigenvalue weighted by atomic mass is 16.6. The molecule has 290 valence electrons. The molecule has 4 aromatic rings. The van der Waals surface area contributed by atoms with Gasteiger partial charge in [0.25, 0.3) is 0 Å². The van der Waals surface area contributed by atoms with Crippen LogP contribution < -0.4 is 9.47 Å². The second kappa shape index (κ2) is 18.3. The van der Waals surface area contributed by atoms with Crippen molar-refractivity contribution in [3.05, 3.63) is 166 Å². The highest BCUT2D eigenvalue weighted by molar-refractivity contribution is 6.24. The van der Waals surface area contributed by atoms with Crippen LogP contribution in [0, 0.1) is 0 Å². The fraction of sp³-hybridized carbons (Fsp3) is 0.229. The van der Waals surface area contributed by atoms with Crippen LogP contribution in [0.5, 0.6) is 11.5 Å². The molecule has 2 aliphatic carbocycles. The van der Waals surface area contributed by atoms with E-state index in [1.165, 1.54) is 0 Å². The van der Waals surface area contributed by atoms with Crippen molar-refractivity contribution in [2.45, 2.75) is 51.4 Å². The first-order valence-electron chi connectivity index (χ1n) is 19.0. The zero-order valence-electron chi connectivity index (χ0n) is 32.2. The fourth-order valence-electron chi connectivity index (χ4n) is 7.44. The second-order valence-electron chi connectivity index (χ2n) is 13.6. The molecule has 0 saturated carbocycles. The minimum absolute atomic E-state index is 0.0322. The van der Waals surface area contributed by atoms with Crippen LogP contribution in [-0.2, 0) is 23.9 Å². The van der Waals surface area contributed by atoms with Crippen LogP contribution in [0.15, 0.2) is 133 Å². The minimum Gasteiger partial charge on any atom is -0.497 e. The Kier molecular flexibility index (Phi) is 12.9. The van der Waals surface area contributed by atoms with Crippen molar-refractivity contribution < 1.29 is 42.9 Å². The number of Topliss-reactive ketones (excluding diaryl/α,β-unsaturated/α-hetero) is 2. The zero-order valence-corrected chi connectivity index (χ0v) is 32.2. The van der Waals surface area contributed by atoms with Gasteiger partial charge >= 0.3 is 17.9 Å². The maximum absolute atomic E-state index is 14.4. The van der Waals surface area contributed by atoms with Crippen LogP contribution in [0.3, 0.4) is 0 Å². The average molecular weight is 765 g/mol. The van der Waals surface area contributed by atoms with Crippen molar-refractivity contribution in [3.8, 4) is 11.5 Å². The van der Waals surface area contributed by atoms with Gasteiger partial charge < -0.3 is 18.9 Å². The molecule has 0 amide bonds. The lowest BCUT2D eigenvalue weighted by Gasteiger charge is -2.29. The van der Waals surface area contributed by atoms with Crippen molar-refractivity contribution in [3.63, 3.8) is 0 Å². The lowest BCUT2D eigenvalue weighted by Crippen LogP contribution is -2.20. The molecule has 0 spiro atoms. The van der Waals surface area contributed by atoms with Crippen molar-refractivity contribution in [1.29, 1.82) is 0 Å². The highest BCUT2D eigenvalue weighted by Gasteiger charge is 2.34. The van der Waals surface area contributed by atoms with E-state index in [2.05, 4.69) is 13.5 Å². The van der Waals surface area contributed by atoms with E-state index in [0.717, 1.165) is 39.5 Å². The number of ketones is 2. The number of hydrogen-bond acceptors (Lipinski definition) is 9. The van der Waals surface area contributed by atoms with E-state index in [4.69, 9.17) is 18.9 Å². The molecule has 4 aromatic carbocycles. The predicted octanol–water partition coefficient (Wildman–Crippen LogP) is 9.20. The lowest BCUT2D eigenvalue weighted by molar-refractivity contribution is -0.151. The van der Waals surface area contributed by atoms with E-state index in [1.54, 1.807) is 25.3 Å². The molecule has 0 bridgehead atoms. The number of benzene rings is 4. The number of esters is 3. The summed E-state index contributed by atoms with van der Waals surface area (Å²) in [6, 6.07) is 30.0. The third-order valence-corrected chi connectivity index (χ3v) is 10.2. The maximum Gasteiger partial charge on any atom is 0.330 e. The predicted molar refractivity (Wildman–Crippen MR) is 217 cm³/mol. The molecular formula is C48H44O9. The number of hydrogen-bond donors (Lipinski definition) is 0. The van der Waals surface area contributed by atoms with E-state index in [-0.39, 0.29) is 55.2 Å². The first-order valence-corrected chi connectivity index (χ1v) is 19.0. The van der Waals surface area contributed by atoms with Gasteiger partial charge in [-0.15, -0.1) is 0 Å². The summed E-state index contributed by atoms with van der Waals surface area (Å²) in [6.45, 7) is 7.10. The fourth-order valence-corrected chi connectivity index (χ4v) is 7.44. The van der Waals surface area contributed by atoms with Crippen LogP contribution in [0.25, 0.3) is 11.1 Å². The Hall–Kier alpha value is -6.61. The largest absolute Gasteiger partial charge is 0.497 e. The third kappa shape index (κ3) is 8.94. The molecule has 0 aromatic heterocycles. The van der Waals surface area contributed by atoms with Crippen molar-refractivity contribution in [2.75, 3.05) is 20.3 Å². The number of carbonyl (C=O) groups is 5. The first-order chi connectivity index (χ1) is 27.7. The molecule has 0 saturated heterocycles. The minimum atomic E-state index is -0.633. The van der Waals surface area contributed by atoms with Gasteiger partial charge in [0.05, 0.1) is 20.0 Å². The molecule has 0 fully saturated rings. The van der Waals surface area contributed by atoms with Gasteiger partial charge in [0.1, 0.15) is 24.7 Å². The average Bonchev–Trinajstić information content (AvgIpc) is 3.24. The summed E-state index contributed by atoms with van der Waals surface area (Å²) in [5.41, 5.74) is 7.43. The molecule has 0 heterocycles. The Labute approximate surface area is 332 Å². The lowest BCUT2D eigenvalue weighted by atomic mass is 9.73. The Morgan fingerprint density at radius 2 is 1.09 bits per heavy atom. The van der Waals surface area contributed by atoms with Crippen molar-refractivity contribution >= 4 is 40.6 Å². The second-order valence-corrected chi connectivity index (χ2v) is 13.6. The molecule has 2 aliphatic rings. The van der Waals surface area contributed by atoms with Crippen LogP contribution in [0.4, 0.5) is 0 Å². The maximum atomic E-state index is 14.4. The van der Waals surface area contributed by atoms with Crippen molar-refractivity contribution in [2.24, 2.45) is 0 Å². The van der Waals surface area contributed by atoms with Crippen LogP contribution >= 0.6 is 0 Å². The van der Waals surface area contributed by atoms with Crippen LogP contribution in [0.1, 0.15) is 94.3 Å². The molecule has 2 unspecified atom stereocenters. The number of allylic oxidation sites excluding steroid dienone is 6. The van der Waals surface area contributed by atoms with Gasteiger partial charge in [-0.05, 0) is 82.7 Å². The SMILES string of the molecule is C=CC(=O)OCCOC(=O)CCC(=O)Oc1cccc(C(CC)C2=C/C(=C3/C=C(C(CC)c4cccc(OC)c4)C(=O)c4ccccc43)c3ccccc3C2=O)c1. The van der Waals surface area contributed by atoms with Gasteiger partial charge in [0.2, 0.25) is 0 Å². The van der Waals surface area contributed by atoms with E-state index in [9.17, 15) is 24.0 Å². The molecule has 0 radical (unpaired) electrons. The zero-order chi connectivity index (χ0) is 40.5. The molecule has 9 nitrogen and oxygen atoms in total. The Balaban J connectivity index is 1.34. The first kappa shape index (κ1) is 40.1. The molecular weight excluding hydrogens is 721 g/mol. The molecule has 0 N–H and O–H groups in total. The summed E-state index contributed by atoms with van der Waals surface area (Å²) in [6.07, 6.45) is 5.79. The smallest absolute Gasteiger partial charge is 0.330 e. The van der Waals surface area contributed by atoms with Crippen LogP contribution in [0.2, 0.25) is 0 Å². The van der Waals surface area contributed by atoms with E-state index < -0.39 is 17.9 Å². The standard InChI is InChI=1S/C48H44O9/c1-5-34(30-14-12-16-32(26-30)54-4)42-28-40(36-18-8-10-20-38(36)47(42)52)41-29-43(48(53)39-21-11-9-19-37(39)41)35(6-2)31-15-13-17-33(27-31)57-46(51)23-22-45(50)56-25-24-55-44(49)7-3/h7-21,26-29,34-35H,3,5-6,22-25H2,1-2,4H3/b41-40+.